The van der Waals surface area contributed by atoms with Crippen LogP contribution in [0.3, 0.4) is 0 Å². The van der Waals surface area contributed by atoms with E-state index in [0.29, 0.717) is 31.0 Å². The predicted molar refractivity (Wildman–Crippen MR) is 508 cm³/mol. The van der Waals surface area contributed by atoms with E-state index in [1.54, 1.807) is 364 Å². The molecule has 0 aromatic heterocycles. The van der Waals surface area contributed by atoms with Crippen LogP contribution in [-0.2, 0) is 46.3 Å². The van der Waals surface area contributed by atoms with Gasteiger partial charge in [0.25, 0.3) is 0 Å². The third-order valence-corrected chi connectivity index (χ3v) is 42.4. The minimum atomic E-state index is -4.28. The molecule has 0 saturated carbocycles. The maximum Gasteiger partial charge on any atom is 0.326 e. The maximum atomic E-state index is 17.0. The first-order chi connectivity index (χ1) is 64.8. The fourth-order valence-corrected chi connectivity index (χ4v) is 33.3. The summed E-state index contributed by atoms with van der Waals surface area (Å²) in [4.78, 5) is 87.7. The number of hydrogen-bond acceptors (Lipinski definition) is 21. The summed E-state index contributed by atoms with van der Waals surface area (Å²) in [6.45, 7) is -4.35. The van der Waals surface area contributed by atoms with Gasteiger partial charge in [0.05, 0.1) is 37.7 Å². The fraction of sp³-hybridized carbons (Fsp3) is 0.206. The molecule has 5 heterocycles. The van der Waals surface area contributed by atoms with E-state index in [0.717, 1.165) is 39.2 Å². The van der Waals surface area contributed by atoms with Crippen LogP contribution >= 0.6 is 42.9 Å². The van der Waals surface area contributed by atoms with Gasteiger partial charge in [0.15, 0.2) is 105 Å². The Morgan fingerprint density at radius 3 is 0.463 bits per heavy atom. The van der Waals surface area contributed by atoms with E-state index in [4.69, 9.17) is 18.9 Å². The molecule has 12 aromatic carbocycles. The normalized spacial score (nSPS) is 21.0. The summed E-state index contributed by atoms with van der Waals surface area (Å²) < 4.78 is 125. The average molecular weight is 1920 g/mol. The van der Waals surface area contributed by atoms with Crippen molar-refractivity contribution in [3.8, 4) is 0 Å². The highest BCUT2D eigenvalue weighted by molar-refractivity contribution is 7.80. The zero-order chi connectivity index (χ0) is 93.7. The summed E-state index contributed by atoms with van der Waals surface area (Å²) in [6.07, 6.45) is -25.4. The summed E-state index contributed by atoms with van der Waals surface area (Å²) in [7, 11) is -24.6. The predicted octanol–water partition coefficient (Wildman–Crippen LogP) is 8.62. The lowest BCUT2D eigenvalue weighted by molar-refractivity contribution is -0.192. The van der Waals surface area contributed by atoms with Gasteiger partial charge in [-0.1, -0.05) is 364 Å². The molecular weight excluding hydrogens is 1830 g/mol. The van der Waals surface area contributed by atoms with E-state index in [1.165, 1.54) is 0 Å². The van der Waals surface area contributed by atoms with Crippen molar-refractivity contribution in [2.45, 2.75) is 62.3 Å². The molecule has 6 N–H and O–H groups in total. The van der Waals surface area contributed by atoms with Crippen LogP contribution in [0.4, 0.5) is 24.0 Å². The molecule has 5 aliphatic heterocycles. The topological polar surface area (TPSA) is 378 Å². The molecule has 17 rings (SSSR count). The van der Waals surface area contributed by atoms with Crippen LogP contribution in [0, 0.1) is 0 Å². The van der Waals surface area contributed by atoms with E-state index >= 15 is 41.8 Å². The molecule has 37 heteroatoms. The third kappa shape index (κ3) is 18.1. The van der Waals surface area contributed by atoms with E-state index in [-0.39, 0.29) is 42.4 Å². The first kappa shape index (κ1) is 93.8. The monoisotopic (exact) mass is 1920 g/mol. The second kappa shape index (κ2) is 39.9. The molecule has 31 nitrogen and oxygen atoms in total. The number of urea groups is 5. The Balaban J connectivity index is 0.759. The van der Waals surface area contributed by atoms with Crippen LogP contribution in [-0.4, -0.2) is 237 Å². The number of ether oxygens (including phenoxy) is 4. The molecule has 5 fully saturated rings. The highest BCUT2D eigenvalue weighted by Gasteiger charge is 2.59. The zero-order valence-corrected chi connectivity index (χ0v) is 77.3. The minimum Gasteiger partial charge on any atom is -0.369 e. The maximum absolute atomic E-state index is 17.0. The van der Waals surface area contributed by atoms with Crippen molar-refractivity contribution in [1.29, 1.82) is 0 Å². The van der Waals surface area contributed by atoms with Crippen molar-refractivity contribution >= 4 is 137 Å². The number of hydrogen-bond donors (Lipinski definition) is 6. The molecule has 0 radical (unpaired) electrons. The fourth-order valence-electron chi connectivity index (χ4n) is 17.4. The first-order valence-electron chi connectivity index (χ1n) is 42.9. The molecule has 0 aliphatic carbocycles. The molecule has 134 heavy (non-hydrogen) atoms. The minimum absolute atomic E-state index is 0.221. The Hall–Kier alpha value is -12.0. The Bertz CT molecular complexity index is 5810. The lowest BCUT2D eigenvalue weighted by Crippen LogP contribution is -2.49. The third-order valence-electron chi connectivity index (χ3n) is 24.6. The van der Waals surface area contributed by atoms with Crippen LogP contribution < -0.4 is 63.7 Å². The van der Waals surface area contributed by atoms with Crippen molar-refractivity contribution in [2.75, 3.05) is 64.6 Å². The molecule has 10 amide bonds. The molecular formula is C97H96N10O21P6. The van der Waals surface area contributed by atoms with Gasteiger partial charge in [0.2, 0.25) is 0 Å². The van der Waals surface area contributed by atoms with Gasteiger partial charge in [-0.05, 0) is 0 Å². The van der Waals surface area contributed by atoms with Crippen LogP contribution in [0.15, 0.2) is 364 Å². The molecule has 12 aromatic rings. The lowest BCUT2D eigenvalue weighted by atomic mass is 10.4. The summed E-state index contributed by atoms with van der Waals surface area (Å²) in [6, 6.07) is 92.8. The zero-order valence-electron chi connectivity index (χ0n) is 71.9. The van der Waals surface area contributed by atoms with Gasteiger partial charge in [-0.15, -0.1) is 0 Å². The van der Waals surface area contributed by atoms with Gasteiger partial charge in [-0.25, -0.2) is 24.0 Å². The largest absolute Gasteiger partial charge is 0.369 e. The number of aliphatic hydroxyl groups is 6. The Labute approximate surface area is 773 Å². The van der Waals surface area contributed by atoms with Crippen LogP contribution in [0.2, 0.25) is 0 Å². The Kier molecular flexibility index (Phi) is 27.9. The number of rotatable bonds is 36. The Morgan fingerprint density at radius 2 is 0.291 bits per heavy atom. The van der Waals surface area contributed by atoms with Gasteiger partial charge in [-0.3, -0.25) is 49.0 Å². The van der Waals surface area contributed by atoms with Gasteiger partial charge in [0, 0.05) is 63.7 Å². The average Bonchev–Trinajstić information content (AvgIpc) is 1.57. The van der Waals surface area contributed by atoms with E-state index in [1.807, 2.05) is 0 Å². The SMILES string of the molecule is O=C1N(COC2C(O)N(COC3C(OCN4C(=O)N(CP(=O)(c5ccccc5)c5ccccc5)C(OCN5C(=O)N(CP(=O)(c6ccccc6)c6ccccc6)C(O)C5O)C4O)N(CP(=O)(c4ccccc4)c4ccccc4)C(=O)N3CP(=O)(c3ccccc3)c3ccccc3)C(=O)N2CP(=O)(c2ccccc2)c2ccccc2)C(O)C(O)N1CP(=O)(c1ccccc1)c1ccccc1. The number of nitrogens with zero attached hydrogens (tertiary/aromatic N) is 10. The van der Waals surface area contributed by atoms with Crippen molar-refractivity contribution in [3.05, 3.63) is 364 Å². The standard InChI is InChI=1S/C97H96N10O21P6/c108-83-85(110)102(65-129(119,71-37-13-1-14-38-71)72-39-15-2-16-40-72)93(114)98(83)61-125-89-87(112)100(95(116)104(89)67-131(121,75-45-21-5-22-46-75)76-47-23-6-24-48-76)63-127-91-92(107(70-134(124,81-57-33-11-34-58-81)82-59-35-12-36-60-82)97(118)106(91)69-133(123,79-53-29-9-30-54-79)80-55-31-10-32-56-80)128-64-101-88(113)90(105(96(101)117)68-132(122,77-49-25-7-26-50-77)78-51-27-8-28-52-78)126-62-99-84(109)86(111)103(94(99)115)66-130(120,73-41-17-3-18-42-73)74-43-19-4-20-44-74/h1-60,83-92,108-113H,61-70H2. The molecule has 10 atom stereocenters. The van der Waals surface area contributed by atoms with Crippen LogP contribution in [0.5, 0.6) is 0 Å². The summed E-state index contributed by atoms with van der Waals surface area (Å²) in [5.74, 6) is 0. The van der Waals surface area contributed by atoms with E-state index in [2.05, 4.69) is 0 Å². The quantitative estimate of drug-likeness (QED) is 0.0200. The van der Waals surface area contributed by atoms with E-state index < -0.39 is 200 Å². The van der Waals surface area contributed by atoms with Crippen molar-refractivity contribution in [1.82, 2.24) is 49.0 Å². The van der Waals surface area contributed by atoms with Gasteiger partial charge in [-0.2, -0.15) is 0 Å². The number of carbonyl (C=O) groups is 5. The molecule has 5 aliphatic rings. The lowest BCUT2D eigenvalue weighted by Gasteiger charge is -2.33. The van der Waals surface area contributed by atoms with Gasteiger partial charge in [0.1, 0.15) is 26.9 Å². The van der Waals surface area contributed by atoms with E-state index in [9.17, 15) is 40.2 Å². The van der Waals surface area contributed by atoms with Crippen molar-refractivity contribution in [3.63, 3.8) is 0 Å². The summed E-state index contributed by atoms with van der Waals surface area (Å²) in [5.41, 5.74) is 0. The van der Waals surface area contributed by atoms with Crippen LogP contribution in [0.1, 0.15) is 0 Å². The summed E-state index contributed by atoms with van der Waals surface area (Å²) >= 11 is 0. The highest BCUT2D eigenvalue weighted by atomic mass is 31.2. The van der Waals surface area contributed by atoms with Gasteiger partial charge < -0.3 is 77.0 Å². The van der Waals surface area contributed by atoms with Crippen molar-refractivity contribution in [2.24, 2.45) is 0 Å². The number of amides is 10. The molecule has 5 saturated heterocycles. The number of benzene rings is 12. The number of aliphatic hydroxyl groups excluding tert-OH is 6. The van der Waals surface area contributed by atoms with Crippen LogP contribution in [0.25, 0.3) is 0 Å². The van der Waals surface area contributed by atoms with Crippen molar-refractivity contribution < 1.29 is 101 Å². The first-order valence-corrected chi connectivity index (χ1v) is 54.3. The second-order valence-corrected chi connectivity index (χ2v) is 49.4. The smallest absolute Gasteiger partial charge is 0.326 e. The second-order valence-electron chi connectivity index (χ2n) is 32.7. The molecule has 10 unspecified atom stereocenters. The van der Waals surface area contributed by atoms with Gasteiger partial charge >= 0.3 is 30.2 Å². The molecule has 0 bridgehead atoms. The summed E-state index contributed by atoms with van der Waals surface area (Å²) in [5, 5.41) is 77.4. The highest BCUT2D eigenvalue weighted by Crippen LogP contribution is 2.54. The Morgan fingerprint density at radius 1 is 0.172 bits per heavy atom. The number of carbonyl (C=O) groups excluding carboxylic acids is 5. The molecule has 0 spiro atoms. The molecule has 690 valence electrons.